The Hall–Kier alpha value is -3.11. The number of nitrogens with one attached hydrogen (secondary N) is 2. The van der Waals surface area contributed by atoms with Crippen molar-refractivity contribution in [1.82, 2.24) is 19.5 Å². The van der Waals surface area contributed by atoms with Gasteiger partial charge in [0.15, 0.2) is 5.65 Å². The first-order valence-electron chi connectivity index (χ1n) is 13.6. The first kappa shape index (κ1) is 27.5. The van der Waals surface area contributed by atoms with Crippen LogP contribution < -0.4 is 16.4 Å². The van der Waals surface area contributed by atoms with Crippen LogP contribution in [0, 0.1) is 5.41 Å². The molecule has 1 saturated heterocycles. The predicted octanol–water partition coefficient (Wildman–Crippen LogP) is 6.20. The summed E-state index contributed by atoms with van der Waals surface area (Å²) in [6, 6.07) is 7.62. The van der Waals surface area contributed by atoms with Gasteiger partial charge in [-0.3, -0.25) is 4.57 Å². The van der Waals surface area contributed by atoms with Gasteiger partial charge in [0.25, 0.3) is 0 Å². The molecule has 0 spiro atoms. The molecule has 2 aromatic heterocycles. The summed E-state index contributed by atoms with van der Waals surface area (Å²) in [5, 5.41) is 7.63. The number of carbonyl (C=O) groups is 1. The van der Waals surface area contributed by atoms with Gasteiger partial charge in [-0.25, -0.2) is 14.8 Å². The van der Waals surface area contributed by atoms with Crippen LogP contribution in [0.2, 0.25) is 5.02 Å². The Morgan fingerprint density at radius 1 is 1.18 bits per heavy atom. The Balaban J connectivity index is 1.51. The van der Waals surface area contributed by atoms with E-state index in [9.17, 15) is 4.79 Å². The molecule has 11 heteroatoms. The number of hydrogen-bond donors (Lipinski definition) is 3. The number of benzene rings is 1. The number of anilines is 3. The fourth-order valence-corrected chi connectivity index (χ4v) is 6.01. The van der Waals surface area contributed by atoms with E-state index in [1.165, 1.54) is 0 Å². The van der Waals surface area contributed by atoms with E-state index in [0.29, 0.717) is 48.5 Å². The summed E-state index contributed by atoms with van der Waals surface area (Å²) < 4.78 is 13.5. The van der Waals surface area contributed by atoms with Gasteiger partial charge in [0.05, 0.1) is 6.20 Å². The minimum atomic E-state index is -0.732. The Morgan fingerprint density at radius 3 is 2.54 bits per heavy atom. The van der Waals surface area contributed by atoms with Gasteiger partial charge in [0, 0.05) is 40.9 Å². The number of primary amides is 1. The Labute approximate surface area is 234 Å². The summed E-state index contributed by atoms with van der Waals surface area (Å²) in [6.45, 7) is 9.88. The molecule has 2 aliphatic rings. The highest BCUT2D eigenvalue weighted by Crippen LogP contribution is 2.48. The summed E-state index contributed by atoms with van der Waals surface area (Å²) in [5.41, 5.74) is 6.75. The fourth-order valence-electron chi connectivity index (χ4n) is 5.82. The maximum absolute atomic E-state index is 11.8. The summed E-state index contributed by atoms with van der Waals surface area (Å²) in [4.78, 5) is 26.3. The first-order valence-corrected chi connectivity index (χ1v) is 14.0. The van der Waals surface area contributed by atoms with Gasteiger partial charge in [-0.2, -0.15) is 4.98 Å². The molecule has 210 valence electrons. The smallest absolute Gasteiger partial charge is 0.405 e. The zero-order valence-electron chi connectivity index (χ0n) is 23.1. The zero-order valence-corrected chi connectivity index (χ0v) is 23.8. The lowest BCUT2D eigenvalue weighted by atomic mass is 9.67. The monoisotopic (exact) mass is 555 g/mol. The lowest BCUT2D eigenvalue weighted by Gasteiger charge is -2.47. The van der Waals surface area contributed by atoms with Crippen LogP contribution in [0.3, 0.4) is 0 Å². The molecule has 0 atom stereocenters. The van der Waals surface area contributed by atoms with E-state index in [2.05, 4.69) is 47.9 Å². The average molecular weight is 556 g/mol. The number of aromatic nitrogens is 4. The highest BCUT2D eigenvalue weighted by molar-refractivity contribution is 6.30. The van der Waals surface area contributed by atoms with Gasteiger partial charge in [0.2, 0.25) is 11.9 Å². The van der Waals surface area contributed by atoms with Crippen molar-refractivity contribution in [2.75, 3.05) is 23.8 Å². The molecule has 3 heterocycles. The lowest BCUT2D eigenvalue weighted by Crippen LogP contribution is -2.50. The molecular formula is C28H38ClN7O3. The molecule has 1 aliphatic carbocycles. The summed E-state index contributed by atoms with van der Waals surface area (Å²) >= 11 is 6.26. The maximum Gasteiger partial charge on any atom is 0.405 e. The van der Waals surface area contributed by atoms with E-state index in [0.717, 1.165) is 37.0 Å². The normalized spacial score (nSPS) is 23.4. The average Bonchev–Trinajstić information content (AvgIpc) is 3.20. The number of fused-ring (bicyclic) bond motifs is 1. The number of imidazole rings is 1. The van der Waals surface area contributed by atoms with Crippen molar-refractivity contribution < 1.29 is 14.3 Å². The van der Waals surface area contributed by atoms with E-state index in [1.807, 2.05) is 24.3 Å². The van der Waals surface area contributed by atoms with Crippen molar-refractivity contribution in [2.45, 2.75) is 83.4 Å². The first-order chi connectivity index (χ1) is 18.5. The molecule has 1 amide bonds. The van der Waals surface area contributed by atoms with Crippen LogP contribution in [0.5, 0.6) is 0 Å². The standard InChI is InChI=1S/C28H38ClN7O3/c1-26(2,3)28(39-23(30)37)10-8-20(9-11-28)36-22-21(33-25(36)32-19-7-5-6-18(29)16-19)17-31-24(34-22)35-27(4)12-14-38-15-13-27/h5-7,16-17,20H,8-15H2,1-4H3,(H2,30,37)(H,32,33)(H,31,34,35)/t20-,28-. The quantitative estimate of drug-likeness (QED) is 0.328. The molecule has 39 heavy (non-hydrogen) atoms. The van der Waals surface area contributed by atoms with Crippen molar-refractivity contribution in [3.8, 4) is 0 Å². The number of ether oxygens (including phenoxy) is 2. The topological polar surface area (TPSA) is 129 Å². The SMILES string of the molecule is CC1(Nc2ncc3nc(Nc4cccc(Cl)c4)n([C@H]4CC[C@@](OC(N)=O)(C(C)(C)C)CC4)c3n2)CCOCC1. The van der Waals surface area contributed by atoms with Gasteiger partial charge in [-0.05, 0) is 63.6 Å². The third-order valence-electron chi connectivity index (χ3n) is 8.31. The second kappa shape index (κ2) is 10.5. The number of nitrogens with zero attached hydrogens (tertiary/aromatic N) is 4. The number of carbonyl (C=O) groups excluding carboxylic acids is 1. The molecule has 10 nitrogen and oxygen atoms in total. The maximum atomic E-state index is 11.8. The molecule has 1 aromatic carbocycles. The van der Waals surface area contributed by atoms with E-state index < -0.39 is 11.7 Å². The van der Waals surface area contributed by atoms with E-state index in [1.54, 1.807) is 6.20 Å². The molecule has 0 bridgehead atoms. The van der Waals surface area contributed by atoms with E-state index in [-0.39, 0.29) is 17.0 Å². The number of rotatable bonds is 6. The largest absolute Gasteiger partial charge is 0.443 e. The van der Waals surface area contributed by atoms with Gasteiger partial charge in [-0.15, -0.1) is 0 Å². The highest BCUT2D eigenvalue weighted by atomic mass is 35.5. The second-order valence-electron chi connectivity index (χ2n) is 12.0. The predicted molar refractivity (Wildman–Crippen MR) is 152 cm³/mol. The molecule has 5 rings (SSSR count). The third-order valence-corrected chi connectivity index (χ3v) is 8.55. The number of amides is 1. The van der Waals surface area contributed by atoms with Crippen LogP contribution in [0.15, 0.2) is 30.5 Å². The van der Waals surface area contributed by atoms with Gasteiger partial charge >= 0.3 is 6.09 Å². The Kier molecular flexibility index (Phi) is 7.37. The number of nitrogens with two attached hydrogens (primary N) is 1. The highest BCUT2D eigenvalue weighted by Gasteiger charge is 2.48. The van der Waals surface area contributed by atoms with Crippen LogP contribution in [0.25, 0.3) is 11.2 Å². The molecule has 4 N–H and O–H groups in total. The zero-order chi connectivity index (χ0) is 27.8. The Bertz CT molecular complexity index is 1340. The molecule has 1 aliphatic heterocycles. The van der Waals surface area contributed by atoms with Gasteiger partial charge in [-0.1, -0.05) is 38.4 Å². The molecule has 0 unspecified atom stereocenters. The molecular weight excluding hydrogens is 518 g/mol. The minimum Gasteiger partial charge on any atom is -0.443 e. The van der Waals surface area contributed by atoms with E-state index >= 15 is 0 Å². The fraction of sp³-hybridized carbons (Fsp3) is 0.571. The van der Waals surface area contributed by atoms with Gasteiger partial charge < -0.3 is 25.8 Å². The number of hydrogen-bond acceptors (Lipinski definition) is 8. The molecule has 0 radical (unpaired) electrons. The van der Waals surface area contributed by atoms with Crippen LogP contribution in [-0.2, 0) is 9.47 Å². The van der Waals surface area contributed by atoms with Crippen molar-refractivity contribution in [1.29, 1.82) is 0 Å². The minimum absolute atomic E-state index is 0.0741. The third kappa shape index (κ3) is 5.77. The van der Waals surface area contributed by atoms with Crippen LogP contribution in [0.4, 0.5) is 22.4 Å². The molecule has 2 fully saturated rings. The Morgan fingerprint density at radius 2 is 1.90 bits per heavy atom. The summed E-state index contributed by atoms with van der Waals surface area (Å²) in [7, 11) is 0. The van der Waals surface area contributed by atoms with E-state index in [4.69, 9.17) is 36.8 Å². The van der Waals surface area contributed by atoms with Crippen LogP contribution in [0.1, 0.15) is 72.3 Å². The van der Waals surface area contributed by atoms with Crippen molar-refractivity contribution in [3.05, 3.63) is 35.5 Å². The lowest BCUT2D eigenvalue weighted by molar-refractivity contribution is -0.0952. The summed E-state index contributed by atoms with van der Waals surface area (Å²) in [6.07, 6.45) is 5.68. The van der Waals surface area contributed by atoms with Crippen LogP contribution in [-0.4, -0.2) is 50.0 Å². The molecule has 3 aromatic rings. The van der Waals surface area contributed by atoms with Gasteiger partial charge in [0.1, 0.15) is 11.1 Å². The van der Waals surface area contributed by atoms with Crippen LogP contribution >= 0.6 is 11.6 Å². The van der Waals surface area contributed by atoms with Crippen molar-refractivity contribution >= 4 is 46.4 Å². The molecule has 1 saturated carbocycles. The van der Waals surface area contributed by atoms with Crippen molar-refractivity contribution in [3.63, 3.8) is 0 Å². The summed E-state index contributed by atoms with van der Waals surface area (Å²) in [5.74, 6) is 1.24. The second-order valence-corrected chi connectivity index (χ2v) is 12.5. The van der Waals surface area contributed by atoms with Crippen molar-refractivity contribution in [2.24, 2.45) is 11.1 Å². The number of halogens is 1.